The molecule has 2 aliphatic carbocycles. The zero-order valence-corrected chi connectivity index (χ0v) is 48.8. The lowest BCUT2D eigenvalue weighted by Gasteiger charge is -2.24. The number of benzene rings is 4. The maximum atomic E-state index is 13.2. The van der Waals surface area contributed by atoms with E-state index < -0.39 is 32.3 Å². The van der Waals surface area contributed by atoms with Crippen molar-refractivity contribution in [2.45, 2.75) is 127 Å². The number of carbonyl (C=O) groups is 4. The molecular formula is C61H79N7O11S2. The second kappa shape index (κ2) is 27.5. The minimum atomic E-state index is -4.00. The number of carboxylic acids is 1. The largest absolute Gasteiger partial charge is 0.485 e. The second-order valence-corrected chi connectivity index (χ2v) is 25.3. The summed E-state index contributed by atoms with van der Waals surface area (Å²) in [7, 11) is -0.800. The molecule has 1 aliphatic heterocycles. The van der Waals surface area contributed by atoms with Crippen LogP contribution in [0.25, 0.3) is 44.3 Å². The van der Waals surface area contributed by atoms with E-state index in [0.29, 0.717) is 68.5 Å². The fraction of sp³-hybridized carbons (Fsp3) is 0.475. The molecule has 2 saturated carbocycles. The third kappa shape index (κ3) is 14.9. The molecule has 18 nitrogen and oxygen atoms in total. The number of ketones is 1. The lowest BCUT2D eigenvalue weighted by molar-refractivity contribution is -0.123. The average Bonchev–Trinajstić information content (AvgIpc) is 4.15. The summed E-state index contributed by atoms with van der Waals surface area (Å²) in [4.78, 5) is 50.1. The number of aryl methyl sites for hydroxylation is 2. The van der Waals surface area contributed by atoms with Gasteiger partial charge in [0.2, 0.25) is 0 Å². The van der Waals surface area contributed by atoms with Crippen LogP contribution in [0.2, 0.25) is 0 Å². The smallest absolute Gasteiger partial charge is 0.335 e. The van der Waals surface area contributed by atoms with Gasteiger partial charge in [-0.15, -0.1) is 0 Å². The molecule has 3 heterocycles. The lowest BCUT2D eigenvalue weighted by atomic mass is 9.81. The van der Waals surface area contributed by atoms with E-state index in [1.807, 2.05) is 74.8 Å². The number of hydrogen-bond donors (Lipinski definition) is 4. The molecule has 0 radical (unpaired) electrons. The Balaban J connectivity index is 0.000000212. The second-order valence-electron chi connectivity index (χ2n) is 21.9. The Morgan fingerprint density at radius 3 is 1.98 bits per heavy atom. The molecule has 6 aromatic rings. The Bertz CT molecular complexity index is 3450. The van der Waals surface area contributed by atoms with Crippen LogP contribution in [0.15, 0.2) is 84.9 Å². The molecule has 2 amide bonds. The van der Waals surface area contributed by atoms with Crippen molar-refractivity contribution >= 4 is 65.8 Å². The van der Waals surface area contributed by atoms with E-state index in [-0.39, 0.29) is 42.6 Å². The third-order valence-corrected chi connectivity index (χ3v) is 18.8. The van der Waals surface area contributed by atoms with Crippen LogP contribution in [0.1, 0.15) is 159 Å². The SMILES string of the molecule is CN(CCCCCCC(=O)COc1ccccc1-c1c(C2CCCCC2)c2ccc(C(=O)O)cc2n1C)S(N)(=O)=O.CN1CCCCCNC(=O)COc2ccccc2-c2c(C3CCCCC3)c3ccc(cc3n2C)C(=O)NS1(=O)=O. The highest BCUT2D eigenvalue weighted by atomic mass is 32.2. The van der Waals surface area contributed by atoms with Crippen molar-refractivity contribution < 1.29 is 50.6 Å². The van der Waals surface area contributed by atoms with Gasteiger partial charge in [0.25, 0.3) is 22.0 Å². The Labute approximate surface area is 476 Å². The van der Waals surface area contributed by atoms with Crippen molar-refractivity contribution in [1.82, 2.24) is 27.8 Å². The van der Waals surface area contributed by atoms with Crippen molar-refractivity contribution in [2.24, 2.45) is 19.2 Å². The Hall–Kier alpha value is -6.58. The lowest BCUT2D eigenvalue weighted by Crippen LogP contribution is -2.41. The van der Waals surface area contributed by atoms with E-state index in [9.17, 15) is 41.1 Å². The molecular weight excluding hydrogens is 1070 g/mol. The Morgan fingerprint density at radius 1 is 0.741 bits per heavy atom. The van der Waals surface area contributed by atoms with Crippen molar-refractivity contribution in [3.8, 4) is 34.0 Å². The predicted molar refractivity (Wildman–Crippen MR) is 316 cm³/mol. The molecule has 0 saturated heterocycles. The maximum Gasteiger partial charge on any atom is 0.335 e. The van der Waals surface area contributed by atoms with E-state index >= 15 is 0 Å². The highest BCUT2D eigenvalue weighted by Gasteiger charge is 2.30. The van der Waals surface area contributed by atoms with Gasteiger partial charge in [-0.3, -0.25) is 14.4 Å². The number of nitrogens with two attached hydrogens (primary N) is 1. The van der Waals surface area contributed by atoms with Crippen LogP contribution in [0, 0.1) is 0 Å². The van der Waals surface area contributed by atoms with Crippen molar-refractivity contribution in [3.63, 3.8) is 0 Å². The topological polar surface area (TPSA) is 242 Å². The summed E-state index contributed by atoms with van der Waals surface area (Å²) in [5.41, 5.74) is 8.50. The van der Waals surface area contributed by atoms with Gasteiger partial charge in [-0.05, 0) is 123 Å². The van der Waals surface area contributed by atoms with Crippen LogP contribution in [-0.4, -0.2) is 110 Å². The number of nitrogens with zero attached hydrogens (tertiary/aromatic N) is 4. The molecule has 9 rings (SSSR count). The predicted octanol–water partition coefficient (Wildman–Crippen LogP) is 10.1. The van der Waals surface area contributed by atoms with Gasteiger partial charge in [0.1, 0.15) is 18.1 Å². The first-order valence-corrected chi connectivity index (χ1v) is 31.5. The minimum Gasteiger partial charge on any atom is -0.485 e. The van der Waals surface area contributed by atoms with Gasteiger partial charge in [0.05, 0.1) is 17.0 Å². The van der Waals surface area contributed by atoms with Gasteiger partial charge in [-0.2, -0.15) is 25.4 Å². The van der Waals surface area contributed by atoms with Gasteiger partial charge in [-0.25, -0.2) is 14.7 Å². The monoisotopic (exact) mass is 1150 g/mol. The fourth-order valence-corrected chi connectivity index (χ4v) is 13.1. The highest BCUT2D eigenvalue weighted by molar-refractivity contribution is 7.87. The van der Waals surface area contributed by atoms with Crippen LogP contribution < -0.4 is 24.7 Å². The molecule has 20 heteroatoms. The third-order valence-electron chi connectivity index (χ3n) is 16.3. The van der Waals surface area contributed by atoms with E-state index in [0.717, 1.165) is 111 Å². The van der Waals surface area contributed by atoms with E-state index in [1.54, 1.807) is 24.3 Å². The van der Waals surface area contributed by atoms with Gasteiger partial charge in [-0.1, -0.05) is 94.2 Å². The number of amides is 2. The maximum absolute atomic E-state index is 13.2. The summed E-state index contributed by atoms with van der Waals surface area (Å²) in [5, 5.41) is 19.7. The summed E-state index contributed by atoms with van der Waals surface area (Å²) < 4.78 is 69.1. The van der Waals surface area contributed by atoms with Crippen LogP contribution in [-0.2, 0) is 44.1 Å². The summed E-state index contributed by atoms with van der Waals surface area (Å²) in [6.07, 6.45) is 16.9. The highest BCUT2D eigenvalue weighted by Crippen LogP contribution is 2.48. The molecule has 436 valence electrons. The number of aromatic nitrogens is 2. The quantitative estimate of drug-likeness (QED) is 0.0705. The number of unbranched alkanes of at least 4 members (excludes halogenated alkanes) is 3. The number of ether oxygens (including phenoxy) is 2. The van der Waals surface area contributed by atoms with E-state index in [1.165, 1.54) is 50.9 Å². The van der Waals surface area contributed by atoms with E-state index in [4.69, 9.17) is 14.6 Å². The number of aromatic carboxylic acids is 1. The molecule has 4 aromatic carbocycles. The van der Waals surface area contributed by atoms with Gasteiger partial charge >= 0.3 is 16.2 Å². The number of carbonyl (C=O) groups excluding carboxylic acids is 3. The molecule has 5 N–H and O–H groups in total. The zero-order valence-electron chi connectivity index (χ0n) is 47.2. The van der Waals surface area contributed by atoms with Crippen LogP contribution in [0.4, 0.5) is 0 Å². The van der Waals surface area contributed by atoms with Crippen LogP contribution in [0.3, 0.4) is 0 Å². The van der Waals surface area contributed by atoms with Crippen molar-refractivity contribution in [3.05, 3.63) is 107 Å². The molecule has 81 heavy (non-hydrogen) atoms. The number of fused-ring (bicyclic) bond motifs is 5. The minimum absolute atomic E-state index is 0.0112. The number of carboxylic acid groups (broad SMARTS) is 1. The summed E-state index contributed by atoms with van der Waals surface area (Å²) in [6, 6.07) is 26.3. The van der Waals surface area contributed by atoms with Crippen LogP contribution >= 0.6 is 0 Å². The molecule has 2 aromatic heterocycles. The molecule has 0 atom stereocenters. The Kier molecular flexibility index (Phi) is 20.5. The molecule has 3 aliphatic rings. The summed E-state index contributed by atoms with van der Waals surface area (Å²) >= 11 is 0. The molecule has 3 bridgehead atoms. The first-order chi connectivity index (χ1) is 38.8. The van der Waals surface area contributed by atoms with Gasteiger partial charge in [0, 0.05) is 92.7 Å². The average molecular weight is 1150 g/mol. The standard InChI is InChI=1S/C31H41N3O6S.C30H38N4O5S/c1-33(41(32,38)39)19-11-4-3-8-14-24(35)21-40-28-16-10-9-15-26(28)30-29(22-12-6-5-7-13-22)25-18-17-23(31(36)37)20-27(25)34(30)2;1-33-18-10-4-9-17-31-27(35)20-39-26-14-8-7-13-24(26)29-28(21-11-5-3-6-12-21)23-16-15-22(19-25(23)34(29)2)30(36)32-40(33,37)38/h9-10,15-18,20,22H,3-8,11-14,19,21H2,1-2H3,(H,36,37)(H2,32,38,39);7-8,13-16,19,21H,3-6,9-12,17-18,20H2,1-2H3,(H,31,35)(H,32,36). The molecule has 2 fully saturated rings. The number of nitrogens with one attached hydrogen (secondary N) is 2. The number of hydrogen-bond acceptors (Lipinski definition) is 10. The van der Waals surface area contributed by atoms with E-state index in [2.05, 4.69) is 19.2 Å². The fourth-order valence-electron chi connectivity index (χ4n) is 11.8. The van der Waals surface area contributed by atoms with Gasteiger partial charge < -0.3 is 29.0 Å². The first kappa shape index (κ1) is 60.5. The number of rotatable bonds is 15. The normalized spacial score (nSPS) is 17.3. The summed E-state index contributed by atoms with van der Waals surface area (Å²) in [6.45, 7) is 0.984. The van der Waals surface area contributed by atoms with Crippen molar-refractivity contribution in [2.75, 3.05) is 46.9 Å². The van der Waals surface area contributed by atoms with Crippen molar-refractivity contribution in [1.29, 1.82) is 0 Å². The zero-order chi connectivity index (χ0) is 57.8. The molecule has 0 unspecified atom stereocenters. The summed E-state index contributed by atoms with van der Waals surface area (Å²) in [5.74, 6) is 0.188. The first-order valence-electron chi connectivity index (χ1n) is 28.6. The number of Topliss-reactive ketones (excluding diaryl/α,β-unsaturated/α-hetero) is 1. The molecule has 0 spiro atoms. The van der Waals surface area contributed by atoms with Crippen LogP contribution in [0.5, 0.6) is 11.5 Å². The Morgan fingerprint density at radius 2 is 1.32 bits per heavy atom. The number of para-hydroxylation sites is 2. The van der Waals surface area contributed by atoms with Gasteiger partial charge in [0.15, 0.2) is 12.4 Å².